The van der Waals surface area contributed by atoms with Crippen LogP contribution in [-0.2, 0) is 11.8 Å². The van der Waals surface area contributed by atoms with Crippen LogP contribution in [0.1, 0.15) is 47.9 Å². The van der Waals surface area contributed by atoms with Gasteiger partial charge in [0.05, 0.1) is 15.9 Å². The van der Waals surface area contributed by atoms with Gasteiger partial charge in [0.25, 0.3) is 5.69 Å². The van der Waals surface area contributed by atoms with E-state index in [-0.39, 0.29) is 5.69 Å². The average molecular weight is 459 g/mol. The van der Waals surface area contributed by atoms with Crippen LogP contribution in [-0.4, -0.2) is 4.92 Å². The SMILES string of the molecule is Cc1ccc(-c2c(CCC(C)(c3ccc(C)o3)c3ccc(C)o3)oc3ccc([N+](=O)[O-])cc23)o1. The summed E-state index contributed by atoms with van der Waals surface area (Å²) in [6, 6.07) is 16.2. The molecule has 0 atom stereocenters. The molecule has 0 fully saturated rings. The van der Waals surface area contributed by atoms with Crippen molar-refractivity contribution < 1.29 is 22.6 Å². The van der Waals surface area contributed by atoms with Crippen LogP contribution in [0.25, 0.3) is 22.3 Å². The van der Waals surface area contributed by atoms with Gasteiger partial charge in [0.2, 0.25) is 0 Å². The molecule has 1 aromatic carbocycles. The Balaban J connectivity index is 1.60. The number of non-ortho nitro benzene ring substituents is 1. The van der Waals surface area contributed by atoms with Gasteiger partial charge in [0.15, 0.2) is 0 Å². The highest BCUT2D eigenvalue weighted by Gasteiger charge is 2.36. The number of aryl methyl sites for hydroxylation is 4. The fraction of sp³-hybridized carbons (Fsp3) is 0.259. The topological polar surface area (TPSA) is 95.7 Å². The van der Waals surface area contributed by atoms with Gasteiger partial charge in [-0.15, -0.1) is 0 Å². The molecule has 0 aliphatic rings. The normalized spacial score (nSPS) is 12.0. The third kappa shape index (κ3) is 3.73. The Morgan fingerprint density at radius 3 is 1.97 bits per heavy atom. The molecule has 174 valence electrons. The van der Waals surface area contributed by atoms with Crippen LogP contribution in [0, 0.1) is 30.9 Å². The molecule has 0 unspecified atom stereocenters. The molecule has 0 N–H and O–H groups in total. The zero-order valence-corrected chi connectivity index (χ0v) is 19.5. The first kappa shape index (κ1) is 21.8. The van der Waals surface area contributed by atoms with Gasteiger partial charge in [-0.3, -0.25) is 10.1 Å². The number of nitrogens with zero attached hydrogens (tertiary/aromatic N) is 1. The minimum Gasteiger partial charge on any atom is -0.465 e. The van der Waals surface area contributed by atoms with Crippen molar-refractivity contribution in [3.05, 3.63) is 99.3 Å². The summed E-state index contributed by atoms with van der Waals surface area (Å²) < 4.78 is 24.2. The van der Waals surface area contributed by atoms with Crippen LogP contribution in [0.5, 0.6) is 0 Å². The Morgan fingerprint density at radius 2 is 1.44 bits per heavy atom. The van der Waals surface area contributed by atoms with Gasteiger partial charge in [-0.1, -0.05) is 0 Å². The highest BCUT2D eigenvalue weighted by Crippen LogP contribution is 2.42. The van der Waals surface area contributed by atoms with E-state index in [1.165, 1.54) is 6.07 Å². The van der Waals surface area contributed by atoms with Gasteiger partial charge >= 0.3 is 0 Å². The van der Waals surface area contributed by atoms with Crippen molar-refractivity contribution in [1.82, 2.24) is 0 Å². The first-order chi connectivity index (χ1) is 16.2. The Morgan fingerprint density at radius 1 is 0.824 bits per heavy atom. The van der Waals surface area contributed by atoms with Crippen LogP contribution < -0.4 is 0 Å². The van der Waals surface area contributed by atoms with E-state index in [0.717, 1.165) is 34.4 Å². The Labute approximate surface area is 196 Å². The first-order valence-electron chi connectivity index (χ1n) is 11.1. The molecule has 0 aliphatic carbocycles. The molecule has 7 nitrogen and oxygen atoms in total. The molecular weight excluding hydrogens is 434 g/mol. The zero-order chi connectivity index (χ0) is 24.0. The van der Waals surface area contributed by atoms with Crippen LogP contribution in [0.3, 0.4) is 0 Å². The third-order valence-electron chi connectivity index (χ3n) is 6.36. The predicted molar refractivity (Wildman–Crippen MR) is 127 cm³/mol. The van der Waals surface area contributed by atoms with Crippen molar-refractivity contribution in [3.8, 4) is 11.3 Å². The highest BCUT2D eigenvalue weighted by atomic mass is 16.6. The monoisotopic (exact) mass is 459 g/mol. The second kappa shape index (κ2) is 8.09. The van der Waals surface area contributed by atoms with Gasteiger partial charge < -0.3 is 17.7 Å². The molecular formula is C27H25NO6. The summed E-state index contributed by atoms with van der Waals surface area (Å²) in [5, 5.41) is 12.1. The van der Waals surface area contributed by atoms with Crippen LogP contribution in [0.15, 0.2) is 72.3 Å². The maximum atomic E-state index is 11.4. The van der Waals surface area contributed by atoms with Crippen molar-refractivity contribution in [3.63, 3.8) is 0 Å². The molecule has 34 heavy (non-hydrogen) atoms. The summed E-state index contributed by atoms with van der Waals surface area (Å²) in [5.74, 6) is 5.34. The van der Waals surface area contributed by atoms with E-state index >= 15 is 0 Å². The summed E-state index contributed by atoms with van der Waals surface area (Å²) in [6.45, 7) is 7.79. The molecule has 4 aromatic heterocycles. The van der Waals surface area contributed by atoms with Gasteiger partial charge in [-0.2, -0.15) is 0 Å². The number of rotatable bonds is 7. The fourth-order valence-electron chi connectivity index (χ4n) is 4.46. The van der Waals surface area contributed by atoms with Crippen molar-refractivity contribution >= 4 is 16.7 Å². The minimum atomic E-state index is -0.538. The lowest BCUT2D eigenvalue weighted by atomic mass is 9.80. The number of nitro benzene ring substituents is 1. The first-order valence-corrected chi connectivity index (χ1v) is 11.1. The molecule has 0 radical (unpaired) electrons. The molecule has 0 bridgehead atoms. The van der Waals surface area contributed by atoms with Crippen LogP contribution in [0.4, 0.5) is 5.69 Å². The number of benzene rings is 1. The molecule has 0 spiro atoms. The largest absolute Gasteiger partial charge is 0.465 e. The van der Waals surface area contributed by atoms with Gasteiger partial charge in [0, 0.05) is 23.9 Å². The standard InChI is InChI=1S/C27H25NO6/c1-16-5-9-22(31-16)26-20-15-19(28(29)30)8-10-21(20)34-23(26)13-14-27(4,24-11-6-17(2)32-24)25-12-7-18(3)33-25/h5-12,15H,13-14H2,1-4H3. The lowest BCUT2D eigenvalue weighted by Crippen LogP contribution is -2.23. The summed E-state index contributed by atoms with van der Waals surface area (Å²) in [4.78, 5) is 11.0. The molecule has 7 heteroatoms. The van der Waals surface area contributed by atoms with E-state index < -0.39 is 10.3 Å². The Bertz CT molecular complexity index is 1450. The molecule has 0 saturated heterocycles. The lowest BCUT2D eigenvalue weighted by molar-refractivity contribution is -0.384. The Hall–Kier alpha value is -4.00. The Kier molecular flexibility index (Phi) is 5.20. The van der Waals surface area contributed by atoms with Crippen molar-refractivity contribution in [2.75, 3.05) is 0 Å². The number of hydrogen-bond donors (Lipinski definition) is 0. The summed E-state index contributed by atoms with van der Waals surface area (Å²) in [5.41, 5.74) is 0.782. The number of furan rings is 4. The fourth-order valence-corrected chi connectivity index (χ4v) is 4.46. The smallest absolute Gasteiger partial charge is 0.270 e. The van der Waals surface area contributed by atoms with E-state index in [1.807, 2.05) is 57.2 Å². The zero-order valence-electron chi connectivity index (χ0n) is 19.5. The van der Waals surface area contributed by atoms with Crippen molar-refractivity contribution in [1.29, 1.82) is 0 Å². The quantitative estimate of drug-likeness (QED) is 0.183. The van der Waals surface area contributed by atoms with Crippen molar-refractivity contribution in [2.45, 2.75) is 46.0 Å². The molecule has 0 amide bonds. The number of nitro groups is 1. The molecule has 5 aromatic rings. The maximum Gasteiger partial charge on any atom is 0.270 e. The van der Waals surface area contributed by atoms with Crippen LogP contribution >= 0.6 is 0 Å². The second-order valence-electron chi connectivity index (χ2n) is 8.90. The van der Waals surface area contributed by atoms with E-state index in [1.54, 1.807) is 12.1 Å². The maximum absolute atomic E-state index is 11.4. The predicted octanol–water partition coefficient (Wildman–Crippen LogP) is 7.65. The number of fused-ring (bicyclic) bond motifs is 1. The van der Waals surface area contributed by atoms with Crippen LogP contribution in [0.2, 0.25) is 0 Å². The van der Waals surface area contributed by atoms with E-state index in [9.17, 15) is 10.1 Å². The molecule has 5 rings (SSSR count). The summed E-state index contributed by atoms with van der Waals surface area (Å²) in [6.07, 6.45) is 1.16. The molecule has 0 saturated carbocycles. The van der Waals surface area contributed by atoms with Gasteiger partial charge in [-0.25, -0.2) is 0 Å². The van der Waals surface area contributed by atoms with E-state index in [0.29, 0.717) is 35.3 Å². The van der Waals surface area contributed by atoms with E-state index in [2.05, 4.69) is 6.92 Å². The van der Waals surface area contributed by atoms with Gasteiger partial charge in [-0.05, 0) is 76.6 Å². The molecule has 4 heterocycles. The minimum absolute atomic E-state index is 0.00587. The number of hydrogen-bond acceptors (Lipinski definition) is 6. The van der Waals surface area contributed by atoms with E-state index in [4.69, 9.17) is 17.7 Å². The summed E-state index contributed by atoms with van der Waals surface area (Å²) >= 11 is 0. The second-order valence-corrected chi connectivity index (χ2v) is 8.90. The average Bonchev–Trinajstić information content (AvgIpc) is 3.58. The third-order valence-corrected chi connectivity index (χ3v) is 6.36. The highest BCUT2D eigenvalue weighted by molar-refractivity contribution is 5.95. The molecule has 0 aliphatic heterocycles. The van der Waals surface area contributed by atoms with Gasteiger partial charge in [0.1, 0.15) is 45.9 Å². The van der Waals surface area contributed by atoms with Crippen molar-refractivity contribution in [2.24, 2.45) is 0 Å². The lowest BCUT2D eigenvalue weighted by Gasteiger charge is -2.25. The summed E-state index contributed by atoms with van der Waals surface area (Å²) in [7, 11) is 0.